The fourth-order valence-electron chi connectivity index (χ4n) is 1.99. The van der Waals surface area contributed by atoms with Gasteiger partial charge in [0.05, 0.1) is 5.69 Å². The summed E-state index contributed by atoms with van der Waals surface area (Å²) in [6, 6.07) is 4.22. The number of rotatable bonds is 5. The van der Waals surface area contributed by atoms with Gasteiger partial charge in [0.1, 0.15) is 5.76 Å². The fraction of sp³-hybridized carbons (Fsp3) is 0.462. The third-order valence-corrected chi connectivity index (χ3v) is 3.05. The Morgan fingerprint density at radius 2 is 2.18 bits per heavy atom. The van der Waals surface area contributed by atoms with Crippen molar-refractivity contribution in [2.45, 2.75) is 40.4 Å². The van der Waals surface area contributed by atoms with Crippen molar-refractivity contribution in [3.05, 3.63) is 41.0 Å². The number of hydrogen-bond acceptors (Lipinski definition) is 3. The zero-order chi connectivity index (χ0) is 12.3. The summed E-state index contributed by atoms with van der Waals surface area (Å²) in [6.45, 7) is 8.75. The van der Waals surface area contributed by atoms with Crippen LogP contribution in [0.25, 0.3) is 0 Å². The Morgan fingerprint density at radius 3 is 2.82 bits per heavy atom. The van der Waals surface area contributed by atoms with Crippen LogP contribution in [0.2, 0.25) is 0 Å². The van der Waals surface area contributed by atoms with Gasteiger partial charge in [-0.05, 0) is 32.9 Å². The third kappa shape index (κ3) is 2.58. The van der Waals surface area contributed by atoms with Gasteiger partial charge >= 0.3 is 0 Å². The lowest BCUT2D eigenvalue weighted by Crippen LogP contribution is -2.16. The zero-order valence-corrected chi connectivity index (χ0v) is 10.7. The van der Waals surface area contributed by atoms with Gasteiger partial charge in [0.2, 0.25) is 0 Å². The molecular formula is C13H19N3O. The lowest BCUT2D eigenvalue weighted by Gasteiger charge is -2.07. The molecule has 0 amide bonds. The molecule has 4 heteroatoms. The smallest absolute Gasteiger partial charge is 0.138 e. The summed E-state index contributed by atoms with van der Waals surface area (Å²) in [5, 5.41) is 7.37. The summed E-state index contributed by atoms with van der Waals surface area (Å²) in [4.78, 5) is 0. The molecular weight excluding hydrogens is 214 g/mol. The summed E-state index contributed by atoms with van der Waals surface area (Å²) in [5.41, 5.74) is 3.44. The van der Waals surface area contributed by atoms with E-state index in [2.05, 4.69) is 40.3 Å². The van der Waals surface area contributed by atoms with Crippen LogP contribution in [0, 0.1) is 13.8 Å². The monoisotopic (exact) mass is 233 g/mol. The minimum atomic E-state index is 0.802. The van der Waals surface area contributed by atoms with Crippen LogP contribution >= 0.6 is 0 Å². The van der Waals surface area contributed by atoms with E-state index in [4.69, 9.17) is 4.52 Å². The predicted molar refractivity (Wildman–Crippen MR) is 66.6 cm³/mol. The molecule has 0 saturated heterocycles. The quantitative estimate of drug-likeness (QED) is 0.862. The van der Waals surface area contributed by atoms with Crippen LogP contribution in [-0.2, 0) is 19.6 Å². The number of hydrogen-bond donors (Lipinski definition) is 1. The van der Waals surface area contributed by atoms with Crippen molar-refractivity contribution in [1.82, 2.24) is 15.0 Å². The van der Waals surface area contributed by atoms with Gasteiger partial charge in [-0.2, -0.15) is 0 Å². The van der Waals surface area contributed by atoms with Crippen molar-refractivity contribution in [1.29, 1.82) is 0 Å². The molecule has 0 fully saturated rings. The molecule has 2 aromatic rings. The molecule has 0 spiro atoms. The van der Waals surface area contributed by atoms with E-state index in [-0.39, 0.29) is 0 Å². The van der Waals surface area contributed by atoms with Gasteiger partial charge < -0.3 is 14.4 Å². The Bertz CT molecular complexity index is 465. The molecule has 92 valence electrons. The molecule has 0 aromatic carbocycles. The molecule has 17 heavy (non-hydrogen) atoms. The minimum absolute atomic E-state index is 0.802. The summed E-state index contributed by atoms with van der Waals surface area (Å²) in [5.74, 6) is 0.904. The molecule has 2 aromatic heterocycles. The van der Waals surface area contributed by atoms with Crippen molar-refractivity contribution >= 4 is 0 Å². The van der Waals surface area contributed by atoms with Crippen molar-refractivity contribution in [3.8, 4) is 0 Å². The SMILES string of the molecule is CCn1cccc1CNCc1c(C)noc1C. The molecule has 2 rings (SSSR count). The highest BCUT2D eigenvalue weighted by atomic mass is 16.5. The fourth-order valence-corrected chi connectivity index (χ4v) is 1.99. The molecule has 0 aliphatic heterocycles. The van der Waals surface area contributed by atoms with Gasteiger partial charge in [-0.25, -0.2) is 0 Å². The van der Waals surface area contributed by atoms with Crippen LogP contribution < -0.4 is 5.32 Å². The van der Waals surface area contributed by atoms with Crippen LogP contribution in [0.4, 0.5) is 0 Å². The van der Waals surface area contributed by atoms with E-state index in [1.165, 1.54) is 11.3 Å². The lowest BCUT2D eigenvalue weighted by atomic mass is 10.2. The molecule has 2 heterocycles. The first-order chi connectivity index (χ1) is 8.22. The van der Waals surface area contributed by atoms with Gasteiger partial charge in [0.15, 0.2) is 0 Å². The van der Waals surface area contributed by atoms with Crippen molar-refractivity contribution < 1.29 is 4.52 Å². The maximum atomic E-state index is 5.13. The van der Waals surface area contributed by atoms with Crippen molar-refractivity contribution in [3.63, 3.8) is 0 Å². The highest BCUT2D eigenvalue weighted by Crippen LogP contribution is 2.11. The topological polar surface area (TPSA) is 43.0 Å². The molecule has 0 aliphatic carbocycles. The molecule has 0 atom stereocenters. The average molecular weight is 233 g/mol. The Hall–Kier alpha value is -1.55. The first kappa shape index (κ1) is 11.9. The highest BCUT2D eigenvalue weighted by molar-refractivity contribution is 5.20. The van der Waals surface area contributed by atoms with E-state index in [9.17, 15) is 0 Å². The standard InChI is InChI=1S/C13H19N3O/c1-4-16-7-5-6-12(16)8-14-9-13-10(2)15-17-11(13)3/h5-7,14H,4,8-9H2,1-3H3. The maximum absolute atomic E-state index is 5.13. The van der Waals surface area contributed by atoms with Gasteiger partial charge in [0, 0.05) is 37.1 Å². The highest BCUT2D eigenvalue weighted by Gasteiger charge is 2.08. The van der Waals surface area contributed by atoms with Crippen molar-refractivity contribution in [2.24, 2.45) is 0 Å². The number of aryl methyl sites for hydroxylation is 3. The lowest BCUT2D eigenvalue weighted by molar-refractivity contribution is 0.391. The van der Waals surface area contributed by atoms with Crippen LogP contribution in [-0.4, -0.2) is 9.72 Å². The Morgan fingerprint density at radius 1 is 1.35 bits per heavy atom. The number of nitrogens with zero attached hydrogens (tertiary/aromatic N) is 2. The minimum Gasteiger partial charge on any atom is -0.361 e. The van der Waals surface area contributed by atoms with Crippen LogP contribution in [0.3, 0.4) is 0 Å². The van der Waals surface area contributed by atoms with E-state index >= 15 is 0 Å². The molecule has 0 saturated carbocycles. The zero-order valence-electron chi connectivity index (χ0n) is 10.7. The Labute approximate surface area is 102 Å². The Kier molecular flexibility index (Phi) is 3.64. The van der Waals surface area contributed by atoms with Crippen LogP contribution in [0.1, 0.15) is 29.6 Å². The average Bonchev–Trinajstić information content (AvgIpc) is 2.89. The Balaban J connectivity index is 1.92. The normalized spacial score (nSPS) is 11.0. The van der Waals surface area contributed by atoms with Gasteiger partial charge in [-0.1, -0.05) is 5.16 Å². The van der Waals surface area contributed by atoms with Crippen molar-refractivity contribution in [2.75, 3.05) is 0 Å². The molecule has 4 nitrogen and oxygen atoms in total. The summed E-state index contributed by atoms with van der Waals surface area (Å²) in [7, 11) is 0. The van der Waals surface area contributed by atoms with Crippen LogP contribution in [0.5, 0.6) is 0 Å². The molecule has 1 N–H and O–H groups in total. The third-order valence-electron chi connectivity index (χ3n) is 3.05. The maximum Gasteiger partial charge on any atom is 0.138 e. The van der Waals surface area contributed by atoms with E-state index in [1.54, 1.807) is 0 Å². The number of nitrogens with one attached hydrogen (secondary N) is 1. The van der Waals surface area contributed by atoms with Gasteiger partial charge in [0.25, 0.3) is 0 Å². The summed E-state index contributed by atoms with van der Waals surface area (Å²) in [6.07, 6.45) is 2.10. The number of aromatic nitrogens is 2. The van der Waals surface area contributed by atoms with Crippen LogP contribution in [0.15, 0.2) is 22.9 Å². The molecule has 0 radical (unpaired) electrons. The molecule has 0 aliphatic rings. The second-order valence-corrected chi connectivity index (χ2v) is 4.19. The largest absolute Gasteiger partial charge is 0.361 e. The summed E-state index contributed by atoms with van der Waals surface area (Å²) >= 11 is 0. The second-order valence-electron chi connectivity index (χ2n) is 4.19. The predicted octanol–water partition coefficient (Wildman–Crippen LogP) is 2.40. The van der Waals surface area contributed by atoms with Gasteiger partial charge in [-0.15, -0.1) is 0 Å². The summed E-state index contributed by atoms with van der Waals surface area (Å²) < 4.78 is 7.37. The first-order valence-electron chi connectivity index (χ1n) is 5.99. The molecule has 0 unspecified atom stereocenters. The van der Waals surface area contributed by atoms with E-state index in [1.807, 2.05) is 13.8 Å². The second kappa shape index (κ2) is 5.19. The van der Waals surface area contributed by atoms with Gasteiger partial charge in [-0.3, -0.25) is 0 Å². The van der Waals surface area contributed by atoms with E-state index in [0.29, 0.717) is 0 Å². The van der Waals surface area contributed by atoms with E-state index in [0.717, 1.165) is 31.1 Å². The molecule has 0 bridgehead atoms. The first-order valence-corrected chi connectivity index (χ1v) is 5.99. The van der Waals surface area contributed by atoms with E-state index < -0.39 is 0 Å².